The average Bonchev–Trinajstić information content (AvgIpc) is 2.91. The van der Waals surface area contributed by atoms with Crippen molar-refractivity contribution >= 4 is 22.8 Å². The molecule has 0 aliphatic carbocycles. The van der Waals surface area contributed by atoms with Crippen LogP contribution in [-0.4, -0.2) is 25.0 Å². The summed E-state index contributed by atoms with van der Waals surface area (Å²) in [7, 11) is 0. The molecule has 3 N–H and O–H groups in total. The highest BCUT2D eigenvalue weighted by atomic mass is 19.4. The van der Waals surface area contributed by atoms with Crippen molar-refractivity contribution in [3.63, 3.8) is 0 Å². The van der Waals surface area contributed by atoms with Gasteiger partial charge < -0.3 is 15.4 Å². The second-order valence-electron chi connectivity index (χ2n) is 4.94. The summed E-state index contributed by atoms with van der Waals surface area (Å²) in [4.78, 5) is 11.8. The van der Waals surface area contributed by atoms with Crippen LogP contribution in [0, 0.1) is 5.82 Å². The zero-order valence-corrected chi connectivity index (χ0v) is 12.2. The zero-order chi connectivity index (χ0) is 19.3. The van der Waals surface area contributed by atoms with Crippen LogP contribution in [0.1, 0.15) is 11.4 Å². The SMILES string of the molecule is Oc1nc2[nH]c(C(F)(F)F)nc2nc1Nc1cccc(C(F)(F)F)c1F. The first-order valence-corrected chi connectivity index (χ1v) is 6.63. The zero-order valence-electron chi connectivity index (χ0n) is 12.2. The fourth-order valence-electron chi connectivity index (χ4n) is 2.02. The van der Waals surface area contributed by atoms with Crippen LogP contribution in [0.15, 0.2) is 18.2 Å². The summed E-state index contributed by atoms with van der Waals surface area (Å²) in [5.74, 6) is -4.75. The van der Waals surface area contributed by atoms with Crippen molar-refractivity contribution in [2.24, 2.45) is 0 Å². The maximum absolute atomic E-state index is 14.0. The van der Waals surface area contributed by atoms with Gasteiger partial charge in [-0.3, -0.25) is 0 Å². The first kappa shape index (κ1) is 17.7. The van der Waals surface area contributed by atoms with E-state index in [1.807, 2.05) is 0 Å². The Hall–Kier alpha value is -3.12. The molecule has 2 aromatic heterocycles. The minimum atomic E-state index is -4.97. The predicted octanol–water partition coefficient (Wildman–Crippen LogP) is 3.98. The maximum atomic E-state index is 14.0. The molecule has 0 atom stereocenters. The highest BCUT2D eigenvalue weighted by Crippen LogP contribution is 2.36. The van der Waals surface area contributed by atoms with Gasteiger partial charge in [0.05, 0.1) is 11.3 Å². The van der Waals surface area contributed by atoms with Crippen molar-refractivity contribution in [2.45, 2.75) is 12.4 Å². The van der Waals surface area contributed by atoms with Gasteiger partial charge in [-0.2, -0.15) is 31.3 Å². The van der Waals surface area contributed by atoms with Gasteiger partial charge in [-0.25, -0.2) is 14.4 Å². The van der Waals surface area contributed by atoms with E-state index in [0.717, 1.165) is 12.1 Å². The molecule has 26 heavy (non-hydrogen) atoms. The second kappa shape index (κ2) is 5.71. The lowest BCUT2D eigenvalue weighted by Crippen LogP contribution is -2.10. The van der Waals surface area contributed by atoms with Gasteiger partial charge in [-0.15, -0.1) is 0 Å². The minimum absolute atomic E-state index is 0.499. The molecule has 1 aromatic carbocycles. The number of benzene rings is 1. The van der Waals surface area contributed by atoms with E-state index in [2.05, 4.69) is 20.3 Å². The topological polar surface area (TPSA) is 86.7 Å². The molecule has 2 heterocycles. The molecule has 0 amide bonds. The Morgan fingerprint density at radius 1 is 0.962 bits per heavy atom. The van der Waals surface area contributed by atoms with Gasteiger partial charge in [-0.05, 0) is 12.1 Å². The number of imidazole rings is 1. The average molecular weight is 381 g/mol. The van der Waals surface area contributed by atoms with Gasteiger partial charge in [-0.1, -0.05) is 6.07 Å². The van der Waals surface area contributed by atoms with E-state index in [-0.39, 0.29) is 0 Å². The van der Waals surface area contributed by atoms with E-state index in [9.17, 15) is 35.8 Å². The number of nitrogens with zero attached hydrogens (tertiary/aromatic N) is 3. The van der Waals surface area contributed by atoms with Crippen LogP contribution >= 0.6 is 0 Å². The molecule has 0 aliphatic rings. The standard InChI is InChI=1S/C13H6F7N5O/c14-6-4(12(15,16)17)2-1-3-5(6)21-9-10(26)23-8-7(22-9)24-11(25-8)13(18,19)20/h1-3H,(H3,21,22,23,24,25,26). The molecule has 0 aliphatic heterocycles. The van der Waals surface area contributed by atoms with Crippen molar-refractivity contribution in [3.8, 4) is 5.88 Å². The number of H-pyrrole nitrogens is 1. The van der Waals surface area contributed by atoms with Crippen LogP contribution in [0.2, 0.25) is 0 Å². The summed E-state index contributed by atoms with van der Waals surface area (Å²) < 4.78 is 89.9. The molecule has 0 spiro atoms. The summed E-state index contributed by atoms with van der Waals surface area (Å²) in [6, 6.07) is 2.31. The number of aromatic hydroxyl groups is 1. The Morgan fingerprint density at radius 3 is 2.27 bits per heavy atom. The number of aromatic amines is 1. The van der Waals surface area contributed by atoms with Gasteiger partial charge in [0.2, 0.25) is 5.82 Å². The number of nitrogens with one attached hydrogen (secondary N) is 2. The Labute approximate surface area is 138 Å². The molecule has 0 fully saturated rings. The molecular weight excluding hydrogens is 375 g/mol. The predicted molar refractivity (Wildman–Crippen MR) is 73.0 cm³/mol. The fourth-order valence-corrected chi connectivity index (χ4v) is 2.02. The van der Waals surface area contributed by atoms with Gasteiger partial charge in [0.1, 0.15) is 0 Å². The van der Waals surface area contributed by atoms with E-state index in [0.29, 0.717) is 6.07 Å². The van der Waals surface area contributed by atoms with E-state index in [1.54, 1.807) is 4.98 Å². The molecule has 0 saturated carbocycles. The number of alkyl halides is 6. The summed E-state index contributed by atoms with van der Waals surface area (Å²) in [5, 5.41) is 11.8. The lowest BCUT2D eigenvalue weighted by atomic mass is 10.1. The van der Waals surface area contributed by atoms with Crippen LogP contribution < -0.4 is 5.32 Å². The molecule has 138 valence electrons. The lowest BCUT2D eigenvalue weighted by Gasteiger charge is -2.12. The smallest absolute Gasteiger partial charge is 0.449 e. The summed E-state index contributed by atoms with van der Waals surface area (Å²) >= 11 is 0. The van der Waals surface area contributed by atoms with Crippen molar-refractivity contribution in [3.05, 3.63) is 35.4 Å². The summed E-state index contributed by atoms with van der Waals surface area (Å²) in [6.07, 6.45) is -9.80. The molecule has 3 rings (SSSR count). The third-order valence-electron chi connectivity index (χ3n) is 3.14. The molecule has 0 bridgehead atoms. The van der Waals surface area contributed by atoms with Gasteiger partial charge in [0.25, 0.3) is 5.88 Å². The monoisotopic (exact) mass is 381 g/mol. The first-order chi connectivity index (χ1) is 12.0. The summed E-state index contributed by atoms with van der Waals surface area (Å²) in [5.41, 5.74) is -3.37. The first-order valence-electron chi connectivity index (χ1n) is 6.63. The van der Waals surface area contributed by atoms with Gasteiger partial charge in [0.15, 0.2) is 22.9 Å². The van der Waals surface area contributed by atoms with Gasteiger partial charge >= 0.3 is 12.4 Å². The Kier molecular flexibility index (Phi) is 3.88. The lowest BCUT2D eigenvalue weighted by molar-refractivity contribution is -0.144. The number of halogens is 7. The Bertz CT molecular complexity index is 979. The van der Waals surface area contributed by atoms with Crippen molar-refractivity contribution in [1.82, 2.24) is 19.9 Å². The van der Waals surface area contributed by atoms with E-state index < -0.39 is 58.2 Å². The van der Waals surface area contributed by atoms with Crippen LogP contribution in [0.25, 0.3) is 11.3 Å². The maximum Gasteiger partial charge on any atom is 0.449 e. The molecule has 0 radical (unpaired) electrons. The minimum Gasteiger partial charge on any atom is -0.491 e. The van der Waals surface area contributed by atoms with Crippen LogP contribution in [-0.2, 0) is 12.4 Å². The molecule has 6 nitrogen and oxygen atoms in total. The molecule has 0 unspecified atom stereocenters. The van der Waals surface area contributed by atoms with E-state index in [1.165, 1.54) is 0 Å². The third-order valence-corrected chi connectivity index (χ3v) is 3.14. The number of aromatic nitrogens is 4. The number of hydrogen-bond donors (Lipinski definition) is 3. The van der Waals surface area contributed by atoms with Crippen LogP contribution in [0.5, 0.6) is 5.88 Å². The van der Waals surface area contributed by atoms with Gasteiger partial charge in [0, 0.05) is 0 Å². The Morgan fingerprint density at radius 2 is 1.65 bits per heavy atom. The normalized spacial score (nSPS) is 12.6. The largest absolute Gasteiger partial charge is 0.491 e. The van der Waals surface area contributed by atoms with Crippen molar-refractivity contribution < 1.29 is 35.8 Å². The van der Waals surface area contributed by atoms with Crippen LogP contribution in [0.4, 0.5) is 42.2 Å². The van der Waals surface area contributed by atoms with Crippen molar-refractivity contribution in [1.29, 1.82) is 0 Å². The number of rotatable bonds is 2. The van der Waals surface area contributed by atoms with Crippen molar-refractivity contribution in [2.75, 3.05) is 5.32 Å². The Balaban J connectivity index is 2.03. The fraction of sp³-hybridized carbons (Fsp3) is 0.154. The number of anilines is 2. The highest BCUT2D eigenvalue weighted by Gasteiger charge is 2.36. The van der Waals surface area contributed by atoms with E-state index >= 15 is 0 Å². The second-order valence-corrected chi connectivity index (χ2v) is 4.94. The highest BCUT2D eigenvalue weighted by molar-refractivity contribution is 5.73. The number of hydrogen-bond acceptors (Lipinski definition) is 5. The molecule has 3 aromatic rings. The molecule has 13 heteroatoms. The number of fused-ring (bicyclic) bond motifs is 1. The van der Waals surface area contributed by atoms with E-state index in [4.69, 9.17) is 0 Å². The molecule has 0 saturated heterocycles. The third kappa shape index (κ3) is 3.19. The summed E-state index contributed by atoms with van der Waals surface area (Å²) in [6.45, 7) is 0. The quantitative estimate of drug-likeness (QED) is 0.585. The van der Waals surface area contributed by atoms with Crippen LogP contribution in [0.3, 0.4) is 0 Å². The molecular formula is C13H6F7N5O.